The molecule has 0 amide bonds. The third kappa shape index (κ3) is 4.19. The number of hydrogen-bond acceptors (Lipinski definition) is 8. The van der Waals surface area contributed by atoms with E-state index >= 15 is 0 Å². The van der Waals surface area contributed by atoms with Gasteiger partial charge in [0.05, 0.1) is 15.9 Å². The molecule has 0 aromatic heterocycles. The van der Waals surface area contributed by atoms with Gasteiger partial charge in [0.2, 0.25) is 0 Å². The lowest BCUT2D eigenvalue weighted by Crippen LogP contribution is -2.06. The van der Waals surface area contributed by atoms with Crippen molar-refractivity contribution in [3.05, 3.63) is 80.9 Å². The summed E-state index contributed by atoms with van der Waals surface area (Å²) in [5.41, 5.74) is 5.35. The minimum absolute atomic E-state index is 0.0108. The van der Waals surface area contributed by atoms with E-state index in [1.807, 2.05) is 0 Å². The predicted octanol–water partition coefficient (Wildman–Crippen LogP) is 3.74. The summed E-state index contributed by atoms with van der Waals surface area (Å²) in [7, 11) is -4.71. The Morgan fingerprint density at radius 1 is 0.933 bits per heavy atom. The standard InChI is InChI=1S/C18H14N4O7S/c19-14-8-12(20-15-7-6-13(21(23)24)10-16(15)22(25)26)9-17(30(27,28)29)18(14)11-4-2-1-3-5-11/h1-10,20H,19H2,(H,27,28,29). The Morgan fingerprint density at radius 2 is 1.60 bits per heavy atom. The molecule has 4 N–H and O–H groups in total. The van der Waals surface area contributed by atoms with Gasteiger partial charge in [0.15, 0.2) is 0 Å². The topological polar surface area (TPSA) is 179 Å². The number of nitro groups is 2. The zero-order valence-electron chi connectivity index (χ0n) is 15.1. The second kappa shape index (κ2) is 7.77. The van der Waals surface area contributed by atoms with Gasteiger partial charge in [0.25, 0.3) is 21.5 Å². The molecule has 30 heavy (non-hydrogen) atoms. The van der Waals surface area contributed by atoms with Crippen molar-refractivity contribution in [2.45, 2.75) is 4.90 Å². The maximum absolute atomic E-state index is 12.0. The first-order valence-electron chi connectivity index (χ1n) is 8.24. The molecule has 12 heteroatoms. The molecule has 0 saturated carbocycles. The summed E-state index contributed by atoms with van der Waals surface area (Å²) < 4.78 is 33.6. The fraction of sp³-hybridized carbons (Fsp3) is 0. The first-order valence-corrected chi connectivity index (χ1v) is 9.68. The van der Waals surface area contributed by atoms with Crippen LogP contribution >= 0.6 is 0 Å². The minimum Gasteiger partial charge on any atom is -0.398 e. The van der Waals surface area contributed by atoms with Crippen molar-refractivity contribution in [1.29, 1.82) is 0 Å². The maximum Gasteiger partial charge on any atom is 0.299 e. The summed E-state index contributed by atoms with van der Waals surface area (Å²) in [6, 6.07) is 13.6. The molecule has 154 valence electrons. The van der Waals surface area contributed by atoms with E-state index in [9.17, 15) is 33.2 Å². The van der Waals surface area contributed by atoms with Gasteiger partial charge in [-0.05, 0) is 23.8 Å². The Labute approximate surface area is 169 Å². The van der Waals surface area contributed by atoms with Crippen molar-refractivity contribution in [3.8, 4) is 11.1 Å². The molecule has 0 radical (unpaired) electrons. The van der Waals surface area contributed by atoms with E-state index in [2.05, 4.69) is 5.32 Å². The average molecular weight is 430 g/mol. The van der Waals surface area contributed by atoms with Gasteiger partial charge in [0, 0.05) is 23.0 Å². The largest absolute Gasteiger partial charge is 0.398 e. The molecule has 3 rings (SSSR count). The number of nitrogen functional groups attached to an aromatic ring is 1. The van der Waals surface area contributed by atoms with Crippen LogP contribution in [0, 0.1) is 20.2 Å². The van der Waals surface area contributed by atoms with Crippen LogP contribution in [0.2, 0.25) is 0 Å². The van der Waals surface area contributed by atoms with E-state index in [0.717, 1.165) is 24.3 Å². The van der Waals surface area contributed by atoms with Gasteiger partial charge in [-0.15, -0.1) is 0 Å². The summed E-state index contributed by atoms with van der Waals surface area (Å²) in [5, 5.41) is 24.8. The third-order valence-corrected chi connectivity index (χ3v) is 5.02. The third-order valence-electron chi connectivity index (χ3n) is 4.14. The van der Waals surface area contributed by atoms with Gasteiger partial charge in [-0.1, -0.05) is 30.3 Å². The predicted molar refractivity (Wildman–Crippen MR) is 109 cm³/mol. The van der Waals surface area contributed by atoms with Crippen molar-refractivity contribution in [2.75, 3.05) is 11.1 Å². The molecule has 11 nitrogen and oxygen atoms in total. The summed E-state index contributed by atoms with van der Waals surface area (Å²) in [6.45, 7) is 0. The van der Waals surface area contributed by atoms with Crippen molar-refractivity contribution in [2.24, 2.45) is 0 Å². The molecular weight excluding hydrogens is 416 g/mol. The fourth-order valence-electron chi connectivity index (χ4n) is 2.87. The van der Waals surface area contributed by atoms with Crippen LogP contribution in [0.5, 0.6) is 0 Å². The Balaban J connectivity index is 2.14. The molecule has 3 aromatic rings. The first kappa shape index (κ1) is 20.7. The van der Waals surface area contributed by atoms with Gasteiger partial charge in [0.1, 0.15) is 10.6 Å². The van der Waals surface area contributed by atoms with Gasteiger partial charge in [-0.25, -0.2) is 0 Å². The van der Waals surface area contributed by atoms with E-state index in [4.69, 9.17) is 5.73 Å². The Morgan fingerprint density at radius 3 is 2.17 bits per heavy atom. The van der Waals surface area contributed by atoms with Crippen LogP contribution in [-0.4, -0.2) is 22.8 Å². The monoisotopic (exact) mass is 430 g/mol. The number of nitro benzene ring substituents is 2. The summed E-state index contributed by atoms with van der Waals surface area (Å²) in [5.74, 6) is 0. The molecule has 0 aliphatic heterocycles. The van der Waals surface area contributed by atoms with E-state index in [0.29, 0.717) is 5.56 Å². The molecule has 0 spiro atoms. The van der Waals surface area contributed by atoms with Crippen LogP contribution in [0.25, 0.3) is 11.1 Å². The van der Waals surface area contributed by atoms with Crippen LogP contribution in [-0.2, 0) is 10.1 Å². The van der Waals surface area contributed by atoms with E-state index < -0.39 is 36.2 Å². The molecule has 0 bridgehead atoms. The number of rotatable bonds is 6. The SMILES string of the molecule is Nc1cc(Nc2ccc([N+](=O)[O-])cc2[N+](=O)[O-])cc(S(=O)(=O)O)c1-c1ccccc1. The highest BCUT2D eigenvalue weighted by Gasteiger charge is 2.23. The van der Waals surface area contributed by atoms with Gasteiger partial charge in [-0.3, -0.25) is 24.8 Å². The molecule has 0 unspecified atom stereocenters. The Bertz CT molecular complexity index is 1260. The number of nitrogens with zero attached hydrogens (tertiary/aromatic N) is 2. The Hall–Kier alpha value is -4.03. The lowest BCUT2D eigenvalue weighted by atomic mass is 10.0. The molecule has 0 heterocycles. The number of benzene rings is 3. The highest BCUT2D eigenvalue weighted by atomic mass is 32.2. The van der Waals surface area contributed by atoms with Crippen molar-refractivity contribution in [1.82, 2.24) is 0 Å². The molecule has 3 aromatic carbocycles. The molecule has 0 atom stereocenters. The average Bonchev–Trinajstić information content (AvgIpc) is 2.67. The highest BCUT2D eigenvalue weighted by molar-refractivity contribution is 7.86. The minimum atomic E-state index is -4.71. The van der Waals surface area contributed by atoms with E-state index in [1.165, 1.54) is 6.07 Å². The molecule has 0 fully saturated rings. The Kier molecular flexibility index (Phi) is 5.36. The molecular formula is C18H14N4O7S. The van der Waals surface area contributed by atoms with Crippen molar-refractivity contribution >= 4 is 38.6 Å². The lowest BCUT2D eigenvalue weighted by molar-refractivity contribution is -0.393. The van der Waals surface area contributed by atoms with Crippen LogP contribution in [0.3, 0.4) is 0 Å². The van der Waals surface area contributed by atoms with E-state index in [-0.39, 0.29) is 22.6 Å². The maximum atomic E-state index is 12.0. The normalized spacial score (nSPS) is 11.1. The number of hydrogen-bond donors (Lipinski definition) is 3. The van der Waals surface area contributed by atoms with Crippen molar-refractivity contribution in [3.63, 3.8) is 0 Å². The van der Waals surface area contributed by atoms with Crippen LogP contribution in [0.4, 0.5) is 28.4 Å². The van der Waals surface area contributed by atoms with Gasteiger partial charge < -0.3 is 11.1 Å². The lowest BCUT2D eigenvalue weighted by Gasteiger charge is -2.15. The van der Waals surface area contributed by atoms with Gasteiger partial charge in [-0.2, -0.15) is 8.42 Å². The molecule has 0 aliphatic rings. The summed E-state index contributed by atoms with van der Waals surface area (Å²) >= 11 is 0. The van der Waals surface area contributed by atoms with Crippen LogP contribution in [0.1, 0.15) is 0 Å². The smallest absolute Gasteiger partial charge is 0.299 e. The highest BCUT2D eigenvalue weighted by Crippen LogP contribution is 2.38. The second-order valence-corrected chi connectivity index (χ2v) is 7.51. The van der Waals surface area contributed by atoms with Crippen molar-refractivity contribution < 1.29 is 22.8 Å². The molecule has 0 saturated heterocycles. The quantitative estimate of drug-likeness (QED) is 0.227. The van der Waals surface area contributed by atoms with E-state index in [1.54, 1.807) is 30.3 Å². The zero-order valence-corrected chi connectivity index (χ0v) is 15.9. The summed E-state index contributed by atoms with van der Waals surface area (Å²) in [6.07, 6.45) is 0. The number of anilines is 3. The van der Waals surface area contributed by atoms with Crippen LogP contribution < -0.4 is 11.1 Å². The number of nitrogens with one attached hydrogen (secondary N) is 1. The zero-order chi connectivity index (χ0) is 22.1. The van der Waals surface area contributed by atoms with Gasteiger partial charge >= 0.3 is 0 Å². The van der Waals surface area contributed by atoms with Crippen LogP contribution in [0.15, 0.2) is 65.6 Å². The summed E-state index contributed by atoms with van der Waals surface area (Å²) in [4.78, 5) is 20.1. The number of nitrogens with two attached hydrogens (primary N) is 1. The second-order valence-electron chi connectivity index (χ2n) is 6.12. The fourth-order valence-corrected chi connectivity index (χ4v) is 3.64. The first-order chi connectivity index (χ1) is 14.1. The molecule has 0 aliphatic carbocycles. The number of non-ortho nitro benzene ring substituents is 1.